The molecule has 1 aliphatic heterocycles. The van der Waals surface area contributed by atoms with Crippen molar-refractivity contribution in [2.45, 2.75) is 87.1 Å². The first-order chi connectivity index (χ1) is 33.0. The Morgan fingerprint density at radius 1 is 0.716 bits per heavy atom. The highest BCUT2D eigenvalue weighted by Crippen LogP contribution is 2.66. The predicted molar refractivity (Wildman–Crippen MR) is 277 cm³/mol. The molecule has 0 aromatic heterocycles. The van der Waals surface area contributed by atoms with E-state index in [0.29, 0.717) is 11.8 Å². The molecule has 4 unspecified atom stereocenters. The Bertz CT molecular complexity index is 3370. The molecule has 0 amide bonds. The third-order valence-corrected chi connectivity index (χ3v) is 17.0. The van der Waals surface area contributed by atoms with Gasteiger partial charge in [-0.25, -0.2) is 0 Å². The molecule has 67 heavy (non-hydrogen) atoms. The second kappa shape index (κ2) is 15.0. The summed E-state index contributed by atoms with van der Waals surface area (Å²) < 4.78 is 6.90. The van der Waals surface area contributed by atoms with Crippen molar-refractivity contribution in [3.05, 3.63) is 266 Å². The standard InChI is InChI=1S/C66H54O/c1-65(50-32-25-42(26-33-50)37-57(49-30-28-44-14-3-5-16-46(44)39-49)56-21-12-20-55-54-19-8-11-24-63(54)67-64(55)56)36-35-53-58-40-48(47-29-27-43-13-2-4-15-45(43)38-47)31-34-61(58)66(62(53)41-65)59-22-9-6-17-51(59)52-18-7-10-23-60(52)66/h2-4,6-11,13-15,17-19,22-35,38-39,41,48,55,64H,5,12,16,20-21,36-37,40H2,1H3/b57-56+. The normalized spacial score (nSPS) is 24.2. The van der Waals surface area contributed by atoms with Crippen LogP contribution in [0.1, 0.15) is 107 Å². The molecule has 7 aromatic carbocycles. The summed E-state index contributed by atoms with van der Waals surface area (Å²) in [5, 5.41) is 2.61. The number of fused-ring (bicyclic) bond motifs is 14. The zero-order chi connectivity index (χ0) is 44.3. The molecule has 0 saturated heterocycles. The Morgan fingerprint density at radius 3 is 2.34 bits per heavy atom. The lowest BCUT2D eigenvalue weighted by molar-refractivity contribution is 0.216. The highest BCUT2D eigenvalue weighted by Gasteiger charge is 2.56. The molecule has 1 heteroatoms. The highest BCUT2D eigenvalue weighted by molar-refractivity contribution is 5.92. The zero-order valence-corrected chi connectivity index (χ0v) is 38.3. The number of hydrogen-bond donors (Lipinski definition) is 0. The van der Waals surface area contributed by atoms with Gasteiger partial charge in [-0.2, -0.15) is 0 Å². The number of hydrogen-bond acceptors (Lipinski definition) is 1. The molecule has 0 radical (unpaired) electrons. The van der Waals surface area contributed by atoms with E-state index in [1.54, 1.807) is 0 Å². The summed E-state index contributed by atoms with van der Waals surface area (Å²) in [6.07, 6.45) is 23.7. The van der Waals surface area contributed by atoms with Gasteiger partial charge in [0.15, 0.2) is 0 Å². The van der Waals surface area contributed by atoms with E-state index >= 15 is 0 Å². The Hall–Kier alpha value is -6.96. The van der Waals surface area contributed by atoms with Gasteiger partial charge in [0.05, 0.1) is 5.41 Å². The lowest BCUT2D eigenvalue weighted by Crippen LogP contribution is -2.31. The number of para-hydroxylation sites is 1. The monoisotopic (exact) mass is 862 g/mol. The van der Waals surface area contributed by atoms with Gasteiger partial charge in [-0.1, -0.05) is 195 Å². The van der Waals surface area contributed by atoms with Gasteiger partial charge >= 0.3 is 0 Å². The van der Waals surface area contributed by atoms with Crippen molar-refractivity contribution in [1.82, 2.24) is 0 Å². The van der Waals surface area contributed by atoms with Crippen LogP contribution in [0.15, 0.2) is 216 Å². The van der Waals surface area contributed by atoms with E-state index in [4.69, 9.17) is 4.74 Å². The van der Waals surface area contributed by atoms with E-state index in [9.17, 15) is 0 Å². The molecule has 0 N–H and O–H groups in total. The molecule has 1 fully saturated rings. The summed E-state index contributed by atoms with van der Waals surface area (Å²) in [6.45, 7) is 2.49. The largest absolute Gasteiger partial charge is 0.485 e. The van der Waals surface area contributed by atoms with Crippen LogP contribution in [-0.2, 0) is 23.7 Å². The van der Waals surface area contributed by atoms with Crippen molar-refractivity contribution >= 4 is 22.4 Å². The predicted octanol–water partition coefficient (Wildman–Crippen LogP) is 16.1. The molecule has 1 nitrogen and oxygen atoms in total. The number of aryl methyl sites for hydroxylation is 1. The second-order valence-corrected chi connectivity index (χ2v) is 20.6. The van der Waals surface area contributed by atoms with Crippen molar-refractivity contribution in [3.8, 4) is 16.9 Å². The topological polar surface area (TPSA) is 9.23 Å². The van der Waals surface area contributed by atoms with Crippen LogP contribution in [0.25, 0.3) is 33.5 Å². The summed E-state index contributed by atoms with van der Waals surface area (Å²) in [4.78, 5) is 0. The molecular formula is C66H54O. The van der Waals surface area contributed by atoms with E-state index in [2.05, 4.69) is 201 Å². The van der Waals surface area contributed by atoms with E-state index in [0.717, 1.165) is 44.3 Å². The first kappa shape index (κ1) is 39.2. The number of benzene rings is 7. The average molecular weight is 863 g/mol. The Balaban J connectivity index is 0.849. The lowest BCUT2D eigenvalue weighted by Gasteiger charge is -2.37. The summed E-state index contributed by atoms with van der Waals surface area (Å²) in [7, 11) is 0. The quantitative estimate of drug-likeness (QED) is 0.168. The van der Waals surface area contributed by atoms with Gasteiger partial charge in [-0.15, -0.1) is 0 Å². The Kier molecular flexibility index (Phi) is 8.80. The maximum atomic E-state index is 6.90. The molecule has 324 valence electrons. The van der Waals surface area contributed by atoms with Crippen LogP contribution in [0.4, 0.5) is 0 Å². The molecule has 14 rings (SSSR count). The zero-order valence-electron chi connectivity index (χ0n) is 38.3. The van der Waals surface area contributed by atoms with Crippen LogP contribution in [0.5, 0.6) is 5.75 Å². The molecule has 4 atom stereocenters. The van der Waals surface area contributed by atoms with Crippen molar-refractivity contribution in [1.29, 1.82) is 0 Å². The van der Waals surface area contributed by atoms with Gasteiger partial charge < -0.3 is 4.74 Å². The van der Waals surface area contributed by atoms with Gasteiger partial charge in [0.1, 0.15) is 11.9 Å². The first-order valence-electron chi connectivity index (χ1n) is 24.9. The van der Waals surface area contributed by atoms with E-state index in [-0.39, 0.29) is 16.9 Å². The molecular weight excluding hydrogens is 809 g/mol. The molecule has 0 bridgehead atoms. The van der Waals surface area contributed by atoms with Crippen molar-refractivity contribution in [3.63, 3.8) is 0 Å². The Labute approximate surface area is 395 Å². The van der Waals surface area contributed by atoms with Gasteiger partial charge in [0.25, 0.3) is 0 Å². The first-order valence-corrected chi connectivity index (χ1v) is 24.9. The van der Waals surface area contributed by atoms with E-state index < -0.39 is 0 Å². The minimum absolute atomic E-state index is 0.104. The van der Waals surface area contributed by atoms with Gasteiger partial charge in [-0.3, -0.25) is 0 Å². The summed E-state index contributed by atoms with van der Waals surface area (Å²) in [5.74, 6) is 1.82. The number of allylic oxidation sites excluding steroid dienone is 10. The van der Waals surface area contributed by atoms with E-state index in [1.165, 1.54) is 118 Å². The number of ether oxygens (including phenoxy) is 1. The molecule has 6 aliphatic carbocycles. The van der Waals surface area contributed by atoms with Crippen molar-refractivity contribution < 1.29 is 4.74 Å². The SMILES string of the molecule is CC1(c2ccc(C/C(=C3/CCCC4c5ccccc5OC34)c3ccc4c(c3)CCC=C4)cc2)C=C2C(=CC1)C1=C(C=CC(c3ccc4ccccc4c3)C1)C21c2ccccc2-c2ccccc21. The van der Waals surface area contributed by atoms with Gasteiger partial charge in [0, 0.05) is 22.8 Å². The maximum Gasteiger partial charge on any atom is 0.127 e. The van der Waals surface area contributed by atoms with Crippen LogP contribution in [-0.4, -0.2) is 6.10 Å². The molecule has 7 aromatic rings. The number of rotatable bonds is 5. The van der Waals surface area contributed by atoms with Gasteiger partial charge in [-0.05, 0) is 157 Å². The minimum atomic E-state index is -0.355. The average Bonchev–Trinajstić information content (AvgIpc) is 4.01. The fourth-order valence-corrected chi connectivity index (χ4v) is 13.7. The summed E-state index contributed by atoms with van der Waals surface area (Å²) >= 11 is 0. The van der Waals surface area contributed by atoms with Crippen LogP contribution < -0.4 is 4.74 Å². The fourth-order valence-electron chi connectivity index (χ4n) is 13.7. The van der Waals surface area contributed by atoms with Crippen molar-refractivity contribution in [2.24, 2.45) is 0 Å². The van der Waals surface area contributed by atoms with Crippen LogP contribution in [0.3, 0.4) is 0 Å². The minimum Gasteiger partial charge on any atom is -0.485 e. The van der Waals surface area contributed by atoms with Gasteiger partial charge in [0.2, 0.25) is 0 Å². The molecule has 1 saturated carbocycles. The molecule has 1 spiro atoms. The van der Waals surface area contributed by atoms with Crippen molar-refractivity contribution in [2.75, 3.05) is 0 Å². The third kappa shape index (κ3) is 5.93. The highest BCUT2D eigenvalue weighted by atomic mass is 16.5. The summed E-state index contributed by atoms with van der Waals surface area (Å²) in [6, 6.07) is 60.2. The molecule has 7 aliphatic rings. The van der Waals surface area contributed by atoms with E-state index in [1.807, 2.05) is 0 Å². The smallest absolute Gasteiger partial charge is 0.127 e. The lowest BCUT2D eigenvalue weighted by atomic mass is 9.64. The van der Waals surface area contributed by atoms with Crippen LogP contribution in [0, 0.1) is 0 Å². The third-order valence-electron chi connectivity index (χ3n) is 17.0. The second-order valence-electron chi connectivity index (χ2n) is 20.6. The van der Waals surface area contributed by atoms with Crippen LogP contribution >= 0.6 is 0 Å². The summed E-state index contributed by atoms with van der Waals surface area (Å²) in [5.41, 5.74) is 23.7. The Morgan fingerprint density at radius 2 is 1.49 bits per heavy atom. The molecule has 1 heterocycles. The fraction of sp³-hybridized carbons (Fsp3) is 0.212. The van der Waals surface area contributed by atoms with Crippen LogP contribution in [0.2, 0.25) is 0 Å². The maximum absolute atomic E-state index is 6.90.